The van der Waals surface area contributed by atoms with Crippen molar-refractivity contribution in [3.8, 4) is 0 Å². The Kier molecular flexibility index (Phi) is 0.941. The largest absolute Gasteiger partial charge is 0.312 e. The highest BCUT2D eigenvalue weighted by Crippen LogP contribution is 2.25. The maximum atomic E-state index is 11.0. The molecule has 2 aliphatic rings. The molecule has 52 valence electrons. The van der Waals surface area contributed by atoms with Crippen LogP contribution in [0.2, 0.25) is 0 Å². The van der Waals surface area contributed by atoms with Gasteiger partial charge in [-0.15, -0.1) is 0 Å². The van der Waals surface area contributed by atoms with Gasteiger partial charge >= 0.3 is 0 Å². The highest BCUT2D eigenvalue weighted by Gasteiger charge is 2.43. The van der Waals surface area contributed by atoms with E-state index in [2.05, 4.69) is 5.32 Å². The second-order valence-electron chi connectivity index (χ2n) is 2.79. The summed E-state index contributed by atoms with van der Waals surface area (Å²) in [6.07, 6.45) is 0.850. The maximum absolute atomic E-state index is 11.0. The highest BCUT2D eigenvalue weighted by atomic mass is 32.2. The zero-order valence-electron chi connectivity index (χ0n) is 5.00. The first kappa shape index (κ1) is 5.68. The van der Waals surface area contributed by atoms with Gasteiger partial charge in [0.1, 0.15) is 0 Å². The summed E-state index contributed by atoms with van der Waals surface area (Å²) in [5, 5.41) is 3.08. The van der Waals surface area contributed by atoms with E-state index in [0.717, 1.165) is 6.42 Å². The van der Waals surface area contributed by atoms with Gasteiger partial charge in [-0.1, -0.05) is 0 Å². The molecule has 2 bridgehead atoms. The molecule has 0 aromatic carbocycles. The summed E-state index contributed by atoms with van der Waals surface area (Å²) in [7, 11) is -2.65. The van der Waals surface area contributed by atoms with Gasteiger partial charge in [0, 0.05) is 12.6 Å². The molecule has 3 nitrogen and oxygen atoms in total. The van der Waals surface area contributed by atoms with Crippen LogP contribution < -0.4 is 5.32 Å². The lowest BCUT2D eigenvalue weighted by molar-refractivity contribution is 0.576. The van der Waals surface area contributed by atoms with Crippen LogP contribution in [0.25, 0.3) is 0 Å². The Bertz CT molecular complexity index is 221. The summed E-state index contributed by atoms with van der Waals surface area (Å²) >= 11 is 0. The van der Waals surface area contributed by atoms with Gasteiger partial charge in [0.05, 0.1) is 11.0 Å². The van der Waals surface area contributed by atoms with Crippen LogP contribution >= 0.6 is 0 Å². The molecule has 1 N–H and O–H groups in total. The van der Waals surface area contributed by atoms with Gasteiger partial charge in [-0.05, 0) is 6.42 Å². The van der Waals surface area contributed by atoms with Crippen molar-refractivity contribution >= 4 is 9.84 Å². The fraction of sp³-hybridized carbons (Fsp3) is 1.00. The molecule has 9 heavy (non-hydrogen) atoms. The van der Waals surface area contributed by atoms with Gasteiger partial charge in [0.25, 0.3) is 0 Å². The third-order valence-corrected chi connectivity index (χ3v) is 4.36. The van der Waals surface area contributed by atoms with Crippen LogP contribution in [-0.2, 0) is 9.84 Å². The highest BCUT2D eigenvalue weighted by molar-refractivity contribution is 7.92. The number of hydrogen-bond acceptors (Lipinski definition) is 3. The van der Waals surface area contributed by atoms with Crippen molar-refractivity contribution in [3.63, 3.8) is 0 Å². The summed E-state index contributed by atoms with van der Waals surface area (Å²) in [4.78, 5) is 0. The summed E-state index contributed by atoms with van der Waals surface area (Å²) < 4.78 is 22.0. The second kappa shape index (κ2) is 1.49. The topological polar surface area (TPSA) is 46.2 Å². The predicted octanol–water partition coefficient (Wildman–Crippen LogP) is -0.855. The number of rotatable bonds is 0. The first-order valence-electron chi connectivity index (χ1n) is 3.13. The Balaban J connectivity index is 2.39. The lowest BCUT2D eigenvalue weighted by atomic mass is 10.3. The molecule has 0 amide bonds. The van der Waals surface area contributed by atoms with E-state index in [4.69, 9.17) is 0 Å². The average Bonchev–Trinajstić information content (AvgIpc) is 2.19. The van der Waals surface area contributed by atoms with Crippen molar-refractivity contribution in [2.24, 2.45) is 0 Å². The van der Waals surface area contributed by atoms with Gasteiger partial charge in [-0.3, -0.25) is 0 Å². The second-order valence-corrected chi connectivity index (χ2v) is 5.12. The minimum atomic E-state index is -2.65. The quantitative estimate of drug-likeness (QED) is 0.485. The van der Waals surface area contributed by atoms with Crippen LogP contribution in [0.5, 0.6) is 0 Å². The molecule has 2 heterocycles. The third kappa shape index (κ3) is 0.697. The number of sulfone groups is 1. The molecule has 0 spiro atoms. The molecule has 0 unspecified atom stereocenters. The van der Waals surface area contributed by atoms with Crippen molar-refractivity contribution in [1.29, 1.82) is 0 Å². The molecule has 2 saturated heterocycles. The van der Waals surface area contributed by atoms with Crippen LogP contribution in [0.3, 0.4) is 0 Å². The number of fused-ring (bicyclic) bond motifs is 2. The minimum Gasteiger partial charge on any atom is -0.312 e. The molecule has 2 rings (SSSR count). The van der Waals surface area contributed by atoms with Crippen LogP contribution in [0.1, 0.15) is 6.42 Å². The molecular weight excluding hydrogens is 138 g/mol. The van der Waals surface area contributed by atoms with Gasteiger partial charge in [-0.2, -0.15) is 0 Å². The Labute approximate surface area is 54.4 Å². The fourth-order valence-electron chi connectivity index (χ4n) is 1.60. The Hall–Kier alpha value is -0.0900. The molecule has 0 aromatic rings. The van der Waals surface area contributed by atoms with Crippen molar-refractivity contribution in [2.45, 2.75) is 17.7 Å². The number of nitrogens with one attached hydrogen (secondary N) is 1. The normalized spacial score (nSPS) is 45.8. The molecule has 2 aliphatic heterocycles. The summed E-state index contributed by atoms with van der Waals surface area (Å²) in [6.45, 7) is 0.688. The standard InChI is InChI=1S/C5H9NO2S/c7-9(8)3-4-1-5(9)2-6-4/h4-6H,1-3H2/t4-,5+/m1/s1. The zero-order valence-corrected chi connectivity index (χ0v) is 5.82. The number of hydrogen-bond donors (Lipinski definition) is 1. The van der Waals surface area contributed by atoms with E-state index in [1.807, 2.05) is 0 Å². The fourth-order valence-corrected chi connectivity index (χ4v) is 3.56. The summed E-state index contributed by atoms with van der Waals surface area (Å²) in [5.74, 6) is 0.373. The SMILES string of the molecule is O=S1(=O)C[C@H]2C[C@H]1CN2. The van der Waals surface area contributed by atoms with Gasteiger partial charge in [-0.25, -0.2) is 8.42 Å². The molecular formula is C5H9NO2S. The monoisotopic (exact) mass is 147 g/mol. The molecule has 0 aromatic heterocycles. The first-order chi connectivity index (χ1) is 4.18. The lowest BCUT2D eigenvalue weighted by Gasteiger charge is -2.10. The van der Waals surface area contributed by atoms with Crippen molar-refractivity contribution in [2.75, 3.05) is 12.3 Å². The maximum Gasteiger partial charge on any atom is 0.155 e. The van der Waals surface area contributed by atoms with Gasteiger partial charge in [0.15, 0.2) is 9.84 Å². The van der Waals surface area contributed by atoms with Crippen molar-refractivity contribution in [3.05, 3.63) is 0 Å². The zero-order chi connectivity index (χ0) is 6.48. The van der Waals surface area contributed by atoms with E-state index in [0.29, 0.717) is 12.3 Å². The Morgan fingerprint density at radius 2 is 2.22 bits per heavy atom. The van der Waals surface area contributed by atoms with E-state index >= 15 is 0 Å². The van der Waals surface area contributed by atoms with Crippen LogP contribution in [0, 0.1) is 0 Å². The van der Waals surface area contributed by atoms with Crippen LogP contribution in [0.15, 0.2) is 0 Å². The van der Waals surface area contributed by atoms with E-state index < -0.39 is 9.84 Å². The molecule has 4 heteroatoms. The minimum absolute atomic E-state index is 0.0532. The lowest BCUT2D eigenvalue weighted by Crippen LogP contribution is -2.35. The third-order valence-electron chi connectivity index (χ3n) is 2.12. The Morgan fingerprint density at radius 3 is 2.44 bits per heavy atom. The van der Waals surface area contributed by atoms with Crippen LogP contribution in [-0.4, -0.2) is 32.0 Å². The smallest absolute Gasteiger partial charge is 0.155 e. The van der Waals surface area contributed by atoms with E-state index in [-0.39, 0.29) is 11.3 Å². The summed E-state index contributed by atoms with van der Waals surface area (Å²) in [5.41, 5.74) is 0. The van der Waals surface area contributed by atoms with E-state index in [9.17, 15) is 8.42 Å². The van der Waals surface area contributed by atoms with E-state index in [1.54, 1.807) is 0 Å². The predicted molar refractivity (Wildman–Crippen MR) is 34.0 cm³/mol. The van der Waals surface area contributed by atoms with Crippen molar-refractivity contribution in [1.82, 2.24) is 5.32 Å². The van der Waals surface area contributed by atoms with Gasteiger partial charge in [0.2, 0.25) is 0 Å². The average molecular weight is 147 g/mol. The summed E-state index contributed by atoms with van der Waals surface area (Å²) in [6, 6.07) is 0.278. The van der Waals surface area contributed by atoms with Crippen LogP contribution in [0.4, 0.5) is 0 Å². The Morgan fingerprint density at radius 1 is 1.44 bits per heavy atom. The van der Waals surface area contributed by atoms with Crippen molar-refractivity contribution < 1.29 is 8.42 Å². The molecule has 0 radical (unpaired) electrons. The molecule has 0 saturated carbocycles. The molecule has 2 fully saturated rings. The van der Waals surface area contributed by atoms with Gasteiger partial charge < -0.3 is 5.32 Å². The molecule has 2 atom stereocenters. The van der Waals surface area contributed by atoms with E-state index in [1.165, 1.54) is 0 Å². The first-order valence-corrected chi connectivity index (χ1v) is 4.85. The molecule has 0 aliphatic carbocycles.